The number of allylic oxidation sites excluding steroid dienone is 5. The van der Waals surface area contributed by atoms with Gasteiger partial charge < -0.3 is 19.8 Å². The van der Waals surface area contributed by atoms with Crippen LogP contribution in [0.3, 0.4) is 0 Å². The van der Waals surface area contributed by atoms with E-state index >= 15 is 0 Å². The first kappa shape index (κ1) is 51.7. The molecule has 0 spiro atoms. The SMILES string of the molecule is CCCCCCCC/C=C/C=C/[C@@H](O)[C@H](COP(=O)(O)OCC[N+](C)(C)C)NC(=O)CCCCCCCCCCCCC/C=C/CCCCCCCC. The minimum atomic E-state index is -4.34. The van der Waals surface area contributed by atoms with Crippen molar-refractivity contribution in [2.24, 2.45) is 0 Å². The molecule has 0 saturated carbocycles. The Balaban J connectivity index is 4.32. The summed E-state index contributed by atoms with van der Waals surface area (Å²) in [7, 11) is 1.54. The van der Waals surface area contributed by atoms with Gasteiger partial charge in [-0.3, -0.25) is 13.8 Å². The molecule has 0 heterocycles. The zero-order valence-electron chi connectivity index (χ0n) is 35.3. The van der Waals surface area contributed by atoms with Crippen molar-refractivity contribution >= 4 is 13.7 Å². The van der Waals surface area contributed by atoms with Gasteiger partial charge in [0.15, 0.2) is 0 Å². The molecular formula is C44H86N2O6P+. The molecule has 0 aliphatic rings. The van der Waals surface area contributed by atoms with E-state index < -0.39 is 20.0 Å². The predicted molar refractivity (Wildman–Crippen MR) is 226 cm³/mol. The molecular weight excluding hydrogens is 683 g/mol. The standard InChI is InChI=1S/C44H85N2O6P/c1-6-8-10-12-14-16-18-19-20-21-22-23-24-25-26-27-28-30-32-34-36-38-44(48)45-42(41-52-53(49,50)51-40-39-46(3,4)5)43(47)37-35-33-31-29-17-15-13-11-9-7-2/h19-20,31,33,35,37,42-43,47H,6-18,21-30,32,34,36,38-41H2,1-5H3,(H-,45,48,49,50)/p+1/b20-19+,33-31+,37-35+/t42-,43+/m0/s1. The van der Waals surface area contributed by atoms with Crippen molar-refractivity contribution < 1.29 is 32.9 Å². The van der Waals surface area contributed by atoms with Gasteiger partial charge in [-0.05, 0) is 44.9 Å². The predicted octanol–water partition coefficient (Wildman–Crippen LogP) is 11.9. The van der Waals surface area contributed by atoms with Crippen LogP contribution >= 0.6 is 7.82 Å². The number of carbonyl (C=O) groups is 1. The summed E-state index contributed by atoms with van der Waals surface area (Å²) in [6.07, 6.45) is 43.7. The number of aliphatic hydroxyl groups is 1. The number of nitrogens with one attached hydrogen (secondary N) is 1. The maximum atomic E-state index is 12.8. The van der Waals surface area contributed by atoms with Crippen LogP contribution in [0.5, 0.6) is 0 Å². The van der Waals surface area contributed by atoms with Gasteiger partial charge >= 0.3 is 7.82 Å². The highest BCUT2D eigenvalue weighted by atomic mass is 31.2. The molecule has 0 aliphatic heterocycles. The van der Waals surface area contributed by atoms with Gasteiger partial charge in [-0.25, -0.2) is 4.57 Å². The highest BCUT2D eigenvalue weighted by molar-refractivity contribution is 7.47. The lowest BCUT2D eigenvalue weighted by Crippen LogP contribution is -2.45. The van der Waals surface area contributed by atoms with Gasteiger partial charge in [-0.2, -0.15) is 0 Å². The number of unbranched alkanes of at least 4 members (excludes halogenated alkanes) is 23. The van der Waals surface area contributed by atoms with E-state index in [9.17, 15) is 19.4 Å². The first-order chi connectivity index (χ1) is 25.5. The van der Waals surface area contributed by atoms with Crippen molar-refractivity contribution in [2.75, 3.05) is 40.9 Å². The quantitative estimate of drug-likeness (QED) is 0.0189. The molecule has 1 unspecified atom stereocenters. The third-order valence-corrected chi connectivity index (χ3v) is 10.6. The number of phosphoric ester groups is 1. The molecule has 0 fully saturated rings. The third-order valence-electron chi connectivity index (χ3n) is 9.64. The monoisotopic (exact) mass is 770 g/mol. The molecule has 3 atom stereocenters. The Morgan fingerprint density at radius 1 is 0.642 bits per heavy atom. The molecule has 0 radical (unpaired) electrons. The fourth-order valence-corrected chi connectivity index (χ4v) is 6.83. The topological polar surface area (TPSA) is 105 Å². The summed E-state index contributed by atoms with van der Waals surface area (Å²) < 4.78 is 23.4. The smallest absolute Gasteiger partial charge is 0.387 e. The van der Waals surface area contributed by atoms with E-state index in [1.807, 2.05) is 27.2 Å². The maximum absolute atomic E-state index is 12.8. The molecule has 0 aliphatic carbocycles. The Kier molecular flexibility index (Phi) is 35.5. The fraction of sp³-hybridized carbons (Fsp3) is 0.841. The molecule has 53 heavy (non-hydrogen) atoms. The van der Waals surface area contributed by atoms with Gasteiger partial charge in [-0.1, -0.05) is 172 Å². The van der Waals surface area contributed by atoms with Gasteiger partial charge in [0.25, 0.3) is 0 Å². The molecule has 312 valence electrons. The molecule has 0 aromatic carbocycles. The highest BCUT2D eigenvalue weighted by Gasteiger charge is 2.27. The summed E-state index contributed by atoms with van der Waals surface area (Å²) in [6.45, 7) is 4.74. The average molecular weight is 770 g/mol. The van der Waals surface area contributed by atoms with Crippen molar-refractivity contribution in [1.82, 2.24) is 5.32 Å². The van der Waals surface area contributed by atoms with Gasteiger partial charge in [0.2, 0.25) is 5.91 Å². The van der Waals surface area contributed by atoms with Gasteiger partial charge in [-0.15, -0.1) is 0 Å². The number of hydrogen-bond donors (Lipinski definition) is 3. The number of carbonyl (C=O) groups excluding carboxylic acids is 1. The second-order valence-electron chi connectivity index (χ2n) is 16.1. The van der Waals surface area contributed by atoms with Gasteiger partial charge in [0.1, 0.15) is 13.2 Å². The number of likely N-dealkylation sites (N-methyl/N-ethyl adjacent to an activating group) is 1. The number of hydrogen-bond acceptors (Lipinski definition) is 5. The zero-order valence-corrected chi connectivity index (χ0v) is 36.1. The third kappa shape index (κ3) is 38.8. The lowest BCUT2D eigenvalue weighted by atomic mass is 10.0. The molecule has 0 aromatic rings. The minimum Gasteiger partial charge on any atom is -0.387 e. The summed E-state index contributed by atoms with van der Waals surface area (Å²) in [4.78, 5) is 23.0. The highest BCUT2D eigenvalue weighted by Crippen LogP contribution is 2.43. The van der Waals surface area contributed by atoms with E-state index in [4.69, 9.17) is 9.05 Å². The Bertz CT molecular complexity index is 964. The van der Waals surface area contributed by atoms with Crippen molar-refractivity contribution in [3.8, 4) is 0 Å². The Morgan fingerprint density at radius 2 is 1.08 bits per heavy atom. The summed E-state index contributed by atoms with van der Waals surface area (Å²) in [5.74, 6) is -0.198. The molecule has 3 N–H and O–H groups in total. The Hall–Kier alpha value is -1.28. The van der Waals surface area contributed by atoms with Crippen molar-refractivity contribution in [3.63, 3.8) is 0 Å². The van der Waals surface area contributed by atoms with Crippen LogP contribution in [-0.4, -0.2) is 73.4 Å². The van der Waals surface area contributed by atoms with Crippen LogP contribution in [0, 0.1) is 0 Å². The van der Waals surface area contributed by atoms with Crippen LogP contribution in [0.4, 0.5) is 0 Å². The van der Waals surface area contributed by atoms with E-state index in [0.29, 0.717) is 17.4 Å². The van der Waals surface area contributed by atoms with E-state index in [1.54, 1.807) is 12.2 Å². The van der Waals surface area contributed by atoms with E-state index in [1.165, 1.54) is 135 Å². The van der Waals surface area contributed by atoms with Crippen LogP contribution in [0.1, 0.15) is 187 Å². The summed E-state index contributed by atoms with van der Waals surface area (Å²) in [6, 6.07) is -0.875. The number of aliphatic hydroxyl groups excluding tert-OH is 1. The second kappa shape index (κ2) is 36.4. The van der Waals surface area contributed by atoms with Crippen LogP contribution < -0.4 is 5.32 Å². The van der Waals surface area contributed by atoms with Crippen molar-refractivity contribution in [2.45, 2.75) is 199 Å². The van der Waals surface area contributed by atoms with Gasteiger partial charge in [0, 0.05) is 6.42 Å². The number of quaternary nitrogens is 1. The van der Waals surface area contributed by atoms with E-state index in [2.05, 4.69) is 37.4 Å². The molecule has 0 saturated heterocycles. The molecule has 8 nitrogen and oxygen atoms in total. The minimum absolute atomic E-state index is 0.0532. The Morgan fingerprint density at radius 3 is 1.55 bits per heavy atom. The molecule has 9 heteroatoms. The van der Waals surface area contributed by atoms with Crippen molar-refractivity contribution in [3.05, 3.63) is 36.5 Å². The number of phosphoric acid groups is 1. The summed E-state index contributed by atoms with van der Waals surface area (Å²) in [5, 5.41) is 13.7. The molecule has 0 aromatic heterocycles. The Labute approximate surface area is 327 Å². The van der Waals surface area contributed by atoms with Crippen LogP contribution in [0.25, 0.3) is 0 Å². The van der Waals surface area contributed by atoms with Gasteiger partial charge in [0.05, 0.1) is 39.9 Å². The largest absolute Gasteiger partial charge is 0.472 e. The number of amides is 1. The molecule has 1 amide bonds. The van der Waals surface area contributed by atoms with Crippen molar-refractivity contribution in [1.29, 1.82) is 0 Å². The van der Waals surface area contributed by atoms with Crippen LogP contribution in [0.2, 0.25) is 0 Å². The van der Waals surface area contributed by atoms with E-state index in [0.717, 1.165) is 32.1 Å². The second-order valence-corrected chi connectivity index (χ2v) is 17.6. The maximum Gasteiger partial charge on any atom is 0.472 e. The normalized spacial score (nSPS) is 14.8. The summed E-state index contributed by atoms with van der Waals surface area (Å²) in [5.41, 5.74) is 0. The van der Waals surface area contributed by atoms with Crippen LogP contribution in [-0.2, 0) is 18.4 Å². The number of nitrogens with zero attached hydrogens (tertiary/aromatic N) is 1. The zero-order chi connectivity index (χ0) is 39.3. The first-order valence-electron chi connectivity index (χ1n) is 21.9. The lowest BCUT2D eigenvalue weighted by Gasteiger charge is -2.25. The first-order valence-corrected chi connectivity index (χ1v) is 23.4. The molecule has 0 rings (SSSR count). The average Bonchev–Trinajstić information content (AvgIpc) is 3.10. The lowest BCUT2D eigenvalue weighted by molar-refractivity contribution is -0.870. The van der Waals surface area contributed by atoms with E-state index in [-0.39, 0.29) is 19.1 Å². The van der Waals surface area contributed by atoms with Crippen LogP contribution in [0.15, 0.2) is 36.5 Å². The number of rotatable bonds is 39. The fourth-order valence-electron chi connectivity index (χ4n) is 6.09. The summed E-state index contributed by atoms with van der Waals surface area (Å²) >= 11 is 0. The molecule has 0 bridgehead atoms.